The number of carbonyl (C=O) groups is 3. The zero-order valence-corrected chi connectivity index (χ0v) is 18.6. The van der Waals surface area contributed by atoms with Crippen molar-refractivity contribution in [2.45, 2.75) is 39.3 Å². The van der Waals surface area contributed by atoms with Crippen LogP contribution in [0.2, 0.25) is 5.02 Å². The number of rotatable bonds is 8. The molecule has 0 radical (unpaired) electrons. The van der Waals surface area contributed by atoms with E-state index in [9.17, 15) is 14.4 Å². The topological polar surface area (TPSA) is 106 Å². The van der Waals surface area contributed by atoms with E-state index in [-0.39, 0.29) is 24.0 Å². The van der Waals surface area contributed by atoms with Gasteiger partial charge in [-0.05, 0) is 43.7 Å². The van der Waals surface area contributed by atoms with Crippen LogP contribution in [0.5, 0.6) is 11.5 Å². The fraction of sp³-hybridized carbons (Fsp3) is 0.318. The molecule has 0 aliphatic heterocycles. The minimum Gasteiger partial charge on any atom is -0.493 e. The van der Waals surface area contributed by atoms with Gasteiger partial charge in [0.05, 0.1) is 25.7 Å². The molecule has 9 heteroatoms. The van der Waals surface area contributed by atoms with E-state index in [2.05, 4.69) is 16.2 Å². The van der Waals surface area contributed by atoms with E-state index in [1.165, 1.54) is 20.1 Å². The molecule has 31 heavy (non-hydrogen) atoms. The molecule has 166 valence electrons. The smallest absolute Gasteiger partial charge is 0.269 e. The molecule has 0 heterocycles. The second-order valence-corrected chi connectivity index (χ2v) is 7.42. The summed E-state index contributed by atoms with van der Waals surface area (Å²) in [6.45, 7) is 5.11. The lowest BCUT2D eigenvalue weighted by molar-refractivity contribution is -0.123. The van der Waals surface area contributed by atoms with Crippen molar-refractivity contribution in [2.24, 2.45) is 0 Å². The van der Waals surface area contributed by atoms with Gasteiger partial charge in [0.1, 0.15) is 0 Å². The molecule has 8 nitrogen and oxygen atoms in total. The van der Waals surface area contributed by atoms with Gasteiger partial charge in [-0.25, -0.2) is 0 Å². The van der Waals surface area contributed by atoms with Gasteiger partial charge in [0.2, 0.25) is 11.8 Å². The van der Waals surface area contributed by atoms with E-state index in [1.54, 1.807) is 36.4 Å². The molecule has 0 fully saturated rings. The fourth-order valence-electron chi connectivity index (χ4n) is 2.84. The number of hydrogen-bond donors (Lipinski definition) is 3. The maximum absolute atomic E-state index is 12.4. The van der Waals surface area contributed by atoms with E-state index in [0.717, 1.165) is 0 Å². The van der Waals surface area contributed by atoms with Crippen molar-refractivity contribution < 1.29 is 23.9 Å². The first-order valence-corrected chi connectivity index (χ1v) is 10.0. The molecule has 0 saturated carbocycles. The average molecular weight is 448 g/mol. The van der Waals surface area contributed by atoms with Gasteiger partial charge in [0.15, 0.2) is 11.5 Å². The standard InChI is InChI=1S/C22H26ClN3O5/c1-13(2)31-19-10-9-15(11-20(19)30-4)22(29)26-25-21(28)12-18(24-14(3)27)16-7-5-6-8-17(16)23/h5-11,13,18H,12H2,1-4H3,(H,24,27)(H,25,28)(H,26,29). The van der Waals surface area contributed by atoms with Crippen LogP contribution in [0.25, 0.3) is 0 Å². The maximum atomic E-state index is 12.4. The summed E-state index contributed by atoms with van der Waals surface area (Å²) in [5.41, 5.74) is 5.59. The zero-order valence-electron chi connectivity index (χ0n) is 17.8. The van der Waals surface area contributed by atoms with Crippen molar-refractivity contribution >= 4 is 29.3 Å². The van der Waals surface area contributed by atoms with Crippen LogP contribution < -0.4 is 25.6 Å². The van der Waals surface area contributed by atoms with Crippen molar-refractivity contribution in [3.63, 3.8) is 0 Å². The molecule has 3 amide bonds. The van der Waals surface area contributed by atoms with E-state index < -0.39 is 17.9 Å². The molecule has 2 aromatic rings. The van der Waals surface area contributed by atoms with Crippen LogP contribution in [-0.2, 0) is 9.59 Å². The lowest BCUT2D eigenvalue weighted by Crippen LogP contribution is -2.43. The number of methoxy groups -OCH3 is 1. The Morgan fingerprint density at radius 3 is 2.35 bits per heavy atom. The predicted molar refractivity (Wildman–Crippen MR) is 117 cm³/mol. The number of hydrazine groups is 1. The largest absolute Gasteiger partial charge is 0.493 e. The SMILES string of the molecule is COc1cc(C(=O)NNC(=O)CC(NC(C)=O)c2ccccc2Cl)ccc1OC(C)C. The molecule has 0 saturated heterocycles. The lowest BCUT2D eigenvalue weighted by Gasteiger charge is -2.19. The third kappa shape index (κ3) is 7.18. The van der Waals surface area contributed by atoms with E-state index in [0.29, 0.717) is 22.1 Å². The van der Waals surface area contributed by atoms with Crippen LogP contribution in [0.1, 0.15) is 49.2 Å². The van der Waals surface area contributed by atoms with Gasteiger partial charge in [-0.15, -0.1) is 0 Å². The molecular formula is C22H26ClN3O5. The summed E-state index contributed by atoms with van der Waals surface area (Å²) in [5.74, 6) is -0.430. The van der Waals surface area contributed by atoms with E-state index in [4.69, 9.17) is 21.1 Å². The Morgan fingerprint density at radius 1 is 1.03 bits per heavy atom. The molecule has 0 bridgehead atoms. The minimum absolute atomic E-state index is 0.0532. The Labute approximate surface area is 186 Å². The van der Waals surface area contributed by atoms with Crippen molar-refractivity contribution in [2.75, 3.05) is 7.11 Å². The number of halogens is 1. The van der Waals surface area contributed by atoms with E-state index in [1.807, 2.05) is 13.8 Å². The molecule has 1 atom stereocenters. The van der Waals surface area contributed by atoms with Gasteiger partial charge in [-0.3, -0.25) is 25.2 Å². The normalized spacial score (nSPS) is 11.4. The van der Waals surface area contributed by atoms with Crippen molar-refractivity contribution in [3.8, 4) is 11.5 Å². The van der Waals surface area contributed by atoms with Gasteiger partial charge in [0.25, 0.3) is 5.91 Å². The van der Waals surface area contributed by atoms with Gasteiger partial charge < -0.3 is 14.8 Å². The number of ether oxygens (including phenoxy) is 2. The molecule has 0 aliphatic carbocycles. The Hall–Kier alpha value is -3.26. The highest BCUT2D eigenvalue weighted by Crippen LogP contribution is 2.29. The molecular weight excluding hydrogens is 422 g/mol. The van der Waals surface area contributed by atoms with Crippen LogP contribution in [0, 0.1) is 0 Å². The minimum atomic E-state index is -0.643. The monoisotopic (exact) mass is 447 g/mol. The van der Waals surface area contributed by atoms with Crippen molar-refractivity contribution in [1.82, 2.24) is 16.2 Å². The van der Waals surface area contributed by atoms with Crippen LogP contribution in [0.15, 0.2) is 42.5 Å². The summed E-state index contributed by atoms with van der Waals surface area (Å²) in [6, 6.07) is 11.0. The van der Waals surface area contributed by atoms with Gasteiger partial charge in [-0.1, -0.05) is 29.8 Å². The first kappa shape index (κ1) is 24.0. The number of amides is 3. The summed E-state index contributed by atoms with van der Waals surface area (Å²) < 4.78 is 10.9. The summed E-state index contributed by atoms with van der Waals surface area (Å²) in [6.07, 6.45) is -0.170. The highest BCUT2D eigenvalue weighted by Gasteiger charge is 2.20. The molecule has 2 rings (SSSR count). The zero-order chi connectivity index (χ0) is 23.0. The molecule has 0 aromatic heterocycles. The first-order chi connectivity index (χ1) is 14.7. The molecule has 3 N–H and O–H groups in total. The molecule has 2 aromatic carbocycles. The van der Waals surface area contributed by atoms with Crippen molar-refractivity contribution in [3.05, 3.63) is 58.6 Å². The molecule has 0 spiro atoms. The second kappa shape index (κ2) is 11.2. The summed E-state index contributed by atoms with van der Waals surface area (Å²) in [5, 5.41) is 3.12. The van der Waals surface area contributed by atoms with E-state index >= 15 is 0 Å². The summed E-state index contributed by atoms with van der Waals surface area (Å²) in [7, 11) is 1.48. The van der Waals surface area contributed by atoms with Crippen LogP contribution in [0.3, 0.4) is 0 Å². The third-order valence-electron chi connectivity index (χ3n) is 4.15. The Balaban J connectivity index is 2.03. The summed E-state index contributed by atoms with van der Waals surface area (Å²) in [4.78, 5) is 36.4. The number of nitrogens with one attached hydrogen (secondary N) is 3. The van der Waals surface area contributed by atoms with Gasteiger partial charge >= 0.3 is 0 Å². The number of hydrogen-bond acceptors (Lipinski definition) is 5. The number of carbonyl (C=O) groups excluding carboxylic acids is 3. The lowest BCUT2D eigenvalue weighted by atomic mass is 10.0. The van der Waals surface area contributed by atoms with Gasteiger partial charge in [-0.2, -0.15) is 0 Å². The Morgan fingerprint density at radius 2 is 1.74 bits per heavy atom. The van der Waals surface area contributed by atoms with Crippen LogP contribution >= 0.6 is 11.6 Å². The number of benzene rings is 2. The highest BCUT2D eigenvalue weighted by molar-refractivity contribution is 6.31. The summed E-state index contributed by atoms with van der Waals surface area (Å²) >= 11 is 6.19. The predicted octanol–water partition coefficient (Wildman–Crippen LogP) is 3.16. The van der Waals surface area contributed by atoms with Crippen LogP contribution in [0.4, 0.5) is 0 Å². The molecule has 0 aliphatic rings. The fourth-order valence-corrected chi connectivity index (χ4v) is 3.10. The van der Waals surface area contributed by atoms with Crippen LogP contribution in [-0.4, -0.2) is 30.9 Å². The highest BCUT2D eigenvalue weighted by atomic mass is 35.5. The third-order valence-corrected chi connectivity index (χ3v) is 4.50. The Bertz CT molecular complexity index is 948. The molecule has 1 unspecified atom stereocenters. The average Bonchev–Trinajstić information content (AvgIpc) is 2.71. The quantitative estimate of drug-likeness (QED) is 0.539. The second-order valence-electron chi connectivity index (χ2n) is 7.01. The van der Waals surface area contributed by atoms with Crippen molar-refractivity contribution in [1.29, 1.82) is 0 Å². The maximum Gasteiger partial charge on any atom is 0.269 e. The Kier molecular flexibility index (Phi) is 8.69. The van der Waals surface area contributed by atoms with Gasteiger partial charge in [0, 0.05) is 17.5 Å². The first-order valence-electron chi connectivity index (χ1n) is 9.66.